The van der Waals surface area contributed by atoms with E-state index in [-0.39, 0.29) is 5.88 Å². The lowest BCUT2D eigenvalue weighted by Gasteiger charge is -2.06. The Balaban J connectivity index is 2.31. The van der Waals surface area contributed by atoms with Crippen molar-refractivity contribution in [2.75, 3.05) is 0 Å². The van der Waals surface area contributed by atoms with Crippen molar-refractivity contribution in [2.45, 2.75) is 0 Å². The van der Waals surface area contributed by atoms with Crippen LogP contribution in [-0.4, -0.2) is 10.1 Å². The maximum Gasteiger partial charge on any atom is 0.211 e. The number of fused-ring (bicyclic) bond motifs is 1. The van der Waals surface area contributed by atoms with Gasteiger partial charge in [-0.2, -0.15) is 0 Å². The second-order valence-electron chi connectivity index (χ2n) is 3.91. The number of rotatable bonds is 1. The fraction of sp³-hybridized carbons (Fsp3) is 0. The lowest BCUT2D eigenvalue weighted by molar-refractivity contribution is 0.456. The molecule has 0 atom stereocenters. The Morgan fingerprint density at radius 1 is 0.765 bits per heavy atom. The van der Waals surface area contributed by atoms with Gasteiger partial charge in [-0.05, 0) is 23.3 Å². The number of hydrogen-bond donors (Lipinski definition) is 1. The van der Waals surface area contributed by atoms with Crippen molar-refractivity contribution in [3.63, 3.8) is 0 Å². The SMILES string of the molecule is Oc1ccc2c(-c3ccccc3)cccc2n1. The summed E-state index contributed by atoms with van der Waals surface area (Å²) < 4.78 is 0. The number of aromatic hydroxyl groups is 1. The first-order valence-electron chi connectivity index (χ1n) is 5.49. The Morgan fingerprint density at radius 3 is 2.41 bits per heavy atom. The first-order chi connectivity index (χ1) is 8.34. The maximum absolute atomic E-state index is 9.38. The molecule has 17 heavy (non-hydrogen) atoms. The van der Waals surface area contributed by atoms with Crippen LogP contribution >= 0.6 is 0 Å². The number of pyridine rings is 1. The zero-order valence-corrected chi connectivity index (χ0v) is 9.17. The summed E-state index contributed by atoms with van der Waals surface area (Å²) in [6.45, 7) is 0. The first-order valence-corrected chi connectivity index (χ1v) is 5.49. The molecule has 3 aromatic rings. The van der Waals surface area contributed by atoms with E-state index in [1.165, 1.54) is 0 Å². The molecule has 1 aromatic heterocycles. The summed E-state index contributed by atoms with van der Waals surface area (Å²) in [5.41, 5.74) is 3.10. The average Bonchev–Trinajstić information content (AvgIpc) is 2.39. The van der Waals surface area contributed by atoms with Crippen molar-refractivity contribution in [1.29, 1.82) is 0 Å². The lowest BCUT2D eigenvalue weighted by Crippen LogP contribution is -1.83. The molecule has 2 nitrogen and oxygen atoms in total. The van der Waals surface area contributed by atoms with Gasteiger partial charge >= 0.3 is 0 Å². The van der Waals surface area contributed by atoms with E-state index < -0.39 is 0 Å². The predicted molar refractivity (Wildman–Crippen MR) is 68.8 cm³/mol. The van der Waals surface area contributed by atoms with Crippen LogP contribution in [0.4, 0.5) is 0 Å². The summed E-state index contributed by atoms with van der Waals surface area (Å²) in [5.74, 6) is 0.0581. The highest BCUT2D eigenvalue weighted by molar-refractivity contribution is 5.94. The van der Waals surface area contributed by atoms with Gasteiger partial charge in [0, 0.05) is 11.5 Å². The highest BCUT2D eigenvalue weighted by Crippen LogP contribution is 2.28. The highest BCUT2D eigenvalue weighted by atomic mass is 16.3. The number of hydrogen-bond acceptors (Lipinski definition) is 2. The van der Waals surface area contributed by atoms with Crippen LogP contribution in [0.1, 0.15) is 0 Å². The quantitative estimate of drug-likeness (QED) is 0.681. The van der Waals surface area contributed by atoms with E-state index in [0.29, 0.717) is 0 Å². The molecule has 0 amide bonds. The Hall–Kier alpha value is -2.35. The maximum atomic E-state index is 9.38. The van der Waals surface area contributed by atoms with Gasteiger partial charge < -0.3 is 5.11 Å². The van der Waals surface area contributed by atoms with Gasteiger partial charge in [0.05, 0.1) is 5.52 Å². The predicted octanol–water partition coefficient (Wildman–Crippen LogP) is 3.61. The minimum Gasteiger partial charge on any atom is -0.493 e. The minimum atomic E-state index is 0.0581. The zero-order chi connectivity index (χ0) is 11.7. The number of nitrogens with zero attached hydrogens (tertiary/aromatic N) is 1. The van der Waals surface area contributed by atoms with Gasteiger partial charge in [-0.3, -0.25) is 0 Å². The average molecular weight is 221 g/mol. The van der Waals surface area contributed by atoms with Crippen molar-refractivity contribution in [3.05, 3.63) is 60.7 Å². The molecule has 0 fully saturated rings. The third-order valence-electron chi connectivity index (χ3n) is 2.80. The molecule has 0 saturated heterocycles. The zero-order valence-electron chi connectivity index (χ0n) is 9.17. The topological polar surface area (TPSA) is 33.1 Å². The summed E-state index contributed by atoms with van der Waals surface area (Å²) in [7, 11) is 0. The summed E-state index contributed by atoms with van der Waals surface area (Å²) in [5, 5.41) is 10.4. The molecule has 2 heteroatoms. The van der Waals surface area contributed by atoms with E-state index >= 15 is 0 Å². The van der Waals surface area contributed by atoms with Gasteiger partial charge in [0.2, 0.25) is 5.88 Å². The van der Waals surface area contributed by atoms with E-state index in [1.807, 2.05) is 36.4 Å². The molecule has 0 spiro atoms. The molecule has 0 bridgehead atoms. The third kappa shape index (κ3) is 1.74. The molecular formula is C15H11NO. The van der Waals surface area contributed by atoms with Crippen molar-refractivity contribution in [1.82, 2.24) is 4.98 Å². The van der Waals surface area contributed by atoms with Crippen molar-refractivity contribution >= 4 is 10.9 Å². The Morgan fingerprint density at radius 2 is 1.59 bits per heavy atom. The summed E-state index contributed by atoms with van der Waals surface area (Å²) in [4.78, 5) is 4.12. The van der Waals surface area contributed by atoms with E-state index in [4.69, 9.17) is 0 Å². The minimum absolute atomic E-state index is 0.0581. The van der Waals surface area contributed by atoms with Crippen molar-refractivity contribution < 1.29 is 5.11 Å². The fourth-order valence-corrected chi connectivity index (χ4v) is 2.01. The van der Waals surface area contributed by atoms with Crippen LogP contribution in [0.5, 0.6) is 5.88 Å². The molecular weight excluding hydrogens is 210 g/mol. The molecule has 0 aliphatic rings. The number of aromatic nitrogens is 1. The molecule has 0 aliphatic carbocycles. The van der Waals surface area contributed by atoms with Gasteiger partial charge in [-0.25, -0.2) is 4.98 Å². The first kappa shape index (κ1) is 9.85. The third-order valence-corrected chi connectivity index (χ3v) is 2.80. The summed E-state index contributed by atoms with van der Waals surface area (Å²) >= 11 is 0. The van der Waals surface area contributed by atoms with Crippen LogP contribution in [0.15, 0.2) is 60.7 Å². The van der Waals surface area contributed by atoms with Gasteiger partial charge in [-0.1, -0.05) is 42.5 Å². The largest absolute Gasteiger partial charge is 0.493 e. The van der Waals surface area contributed by atoms with E-state index in [0.717, 1.165) is 22.0 Å². The van der Waals surface area contributed by atoms with Gasteiger partial charge in [0.15, 0.2) is 0 Å². The molecule has 1 N–H and O–H groups in total. The Bertz CT molecular complexity index is 662. The number of benzene rings is 2. The Labute approximate surface area is 99.2 Å². The van der Waals surface area contributed by atoms with Crippen LogP contribution in [0.3, 0.4) is 0 Å². The van der Waals surface area contributed by atoms with E-state index in [9.17, 15) is 5.11 Å². The smallest absolute Gasteiger partial charge is 0.211 e. The van der Waals surface area contributed by atoms with Crippen LogP contribution in [0.2, 0.25) is 0 Å². The van der Waals surface area contributed by atoms with E-state index in [2.05, 4.69) is 23.2 Å². The second kappa shape index (κ2) is 3.91. The standard InChI is InChI=1S/C15H11NO/c17-15-10-9-13-12(7-4-8-14(13)16-15)11-5-2-1-3-6-11/h1-10H,(H,16,17). The van der Waals surface area contributed by atoms with Crippen LogP contribution in [0.25, 0.3) is 22.0 Å². The molecule has 2 aromatic carbocycles. The van der Waals surface area contributed by atoms with Crippen LogP contribution < -0.4 is 0 Å². The van der Waals surface area contributed by atoms with Gasteiger partial charge in [0.1, 0.15) is 0 Å². The molecule has 82 valence electrons. The normalized spacial score (nSPS) is 10.6. The Kier molecular flexibility index (Phi) is 2.26. The van der Waals surface area contributed by atoms with Gasteiger partial charge in [-0.15, -0.1) is 0 Å². The van der Waals surface area contributed by atoms with Gasteiger partial charge in [0.25, 0.3) is 0 Å². The van der Waals surface area contributed by atoms with Crippen LogP contribution in [-0.2, 0) is 0 Å². The van der Waals surface area contributed by atoms with Crippen LogP contribution in [0, 0.1) is 0 Å². The molecule has 0 aliphatic heterocycles. The summed E-state index contributed by atoms with van der Waals surface area (Å²) in [6.07, 6.45) is 0. The highest BCUT2D eigenvalue weighted by Gasteiger charge is 2.04. The summed E-state index contributed by atoms with van der Waals surface area (Å²) in [6, 6.07) is 19.6. The molecule has 0 unspecified atom stereocenters. The monoisotopic (exact) mass is 221 g/mol. The van der Waals surface area contributed by atoms with Crippen molar-refractivity contribution in [3.8, 4) is 17.0 Å². The molecule has 1 heterocycles. The molecule has 3 rings (SSSR count). The van der Waals surface area contributed by atoms with Crippen molar-refractivity contribution in [2.24, 2.45) is 0 Å². The molecule has 0 saturated carbocycles. The second-order valence-corrected chi connectivity index (χ2v) is 3.91. The fourth-order valence-electron chi connectivity index (χ4n) is 2.01. The van der Waals surface area contributed by atoms with E-state index in [1.54, 1.807) is 6.07 Å². The lowest BCUT2D eigenvalue weighted by atomic mass is 10.0. The molecule has 0 radical (unpaired) electrons.